The Bertz CT molecular complexity index is 1340. The van der Waals surface area contributed by atoms with E-state index in [2.05, 4.69) is 27.4 Å². The van der Waals surface area contributed by atoms with Gasteiger partial charge in [-0.05, 0) is 60.7 Å². The Kier molecular flexibility index (Phi) is 9.03. The number of nitro benzene ring substituents is 1. The molecule has 10 nitrogen and oxygen atoms in total. The quantitative estimate of drug-likeness (QED) is 0.108. The first-order chi connectivity index (χ1) is 19.8. The topological polar surface area (TPSA) is 119 Å². The van der Waals surface area contributed by atoms with Gasteiger partial charge >= 0.3 is 6.09 Å². The van der Waals surface area contributed by atoms with E-state index in [4.69, 9.17) is 9.16 Å². The van der Waals surface area contributed by atoms with E-state index in [9.17, 15) is 24.5 Å². The molecule has 2 aromatic carbocycles. The second-order valence-electron chi connectivity index (χ2n) is 12.1. The van der Waals surface area contributed by atoms with Crippen molar-refractivity contribution in [3.8, 4) is 0 Å². The summed E-state index contributed by atoms with van der Waals surface area (Å²) < 4.78 is 12.5. The van der Waals surface area contributed by atoms with Crippen molar-refractivity contribution >= 4 is 32.6 Å². The maximum Gasteiger partial charge on any atom is 0.412 e. The number of hydrogen-bond donors (Lipinski definition) is 0. The minimum Gasteiger partial charge on any atom is -0.444 e. The van der Waals surface area contributed by atoms with Gasteiger partial charge in [0.05, 0.1) is 16.1 Å². The van der Waals surface area contributed by atoms with Crippen LogP contribution < -0.4 is 0 Å². The molecule has 4 rings (SSSR count). The Labute approximate surface area is 248 Å². The summed E-state index contributed by atoms with van der Waals surface area (Å²) in [7, 11) is -1.35. The summed E-state index contributed by atoms with van der Waals surface area (Å²) in [6.07, 6.45) is 2.09. The number of ether oxygens (including phenoxy) is 1. The lowest BCUT2D eigenvalue weighted by Crippen LogP contribution is -2.56. The predicted molar refractivity (Wildman–Crippen MR) is 159 cm³/mol. The van der Waals surface area contributed by atoms with Crippen molar-refractivity contribution in [2.24, 2.45) is 17.3 Å². The molecule has 3 amide bonds. The SMILES string of the molecule is C=CC(CCN1C(=O)c2ccccc2C1=O)[C@@]1(O[Si](C)C)C[C@H](C(C)(C)C)CN1C(=O)OCc1ccc([N+](=O)[O-])cc1. The van der Waals surface area contributed by atoms with Crippen molar-refractivity contribution in [2.75, 3.05) is 13.1 Å². The molecular weight excluding hydrogens is 554 g/mol. The number of carbonyl (C=O) groups excluding carboxylic acids is 3. The van der Waals surface area contributed by atoms with Crippen molar-refractivity contribution in [3.05, 3.63) is 88.0 Å². The third-order valence-electron chi connectivity index (χ3n) is 8.14. The Morgan fingerprint density at radius 1 is 1.14 bits per heavy atom. The van der Waals surface area contributed by atoms with E-state index in [1.54, 1.807) is 47.4 Å². The minimum atomic E-state index is -1.35. The van der Waals surface area contributed by atoms with Gasteiger partial charge in [-0.3, -0.25) is 29.5 Å². The molecule has 0 saturated carbocycles. The van der Waals surface area contributed by atoms with Gasteiger partial charge < -0.3 is 9.16 Å². The summed E-state index contributed by atoms with van der Waals surface area (Å²) in [6.45, 7) is 14.9. The van der Waals surface area contributed by atoms with Crippen LogP contribution in [0, 0.1) is 27.4 Å². The van der Waals surface area contributed by atoms with Crippen LogP contribution in [0.5, 0.6) is 0 Å². The molecular formula is C31H38N3O7Si. The van der Waals surface area contributed by atoms with Gasteiger partial charge in [0.1, 0.15) is 12.3 Å². The summed E-state index contributed by atoms with van der Waals surface area (Å²) in [5.74, 6) is -0.988. The molecule has 0 aliphatic carbocycles. The fourth-order valence-electron chi connectivity index (χ4n) is 5.76. The number of hydrogen-bond acceptors (Lipinski definition) is 7. The maximum atomic E-state index is 13.8. The first kappa shape index (κ1) is 31.1. The average molecular weight is 593 g/mol. The Morgan fingerprint density at radius 2 is 1.74 bits per heavy atom. The predicted octanol–water partition coefficient (Wildman–Crippen LogP) is 6.05. The maximum absolute atomic E-state index is 13.8. The van der Waals surface area contributed by atoms with Gasteiger partial charge in [0, 0.05) is 37.6 Å². The van der Waals surface area contributed by atoms with E-state index in [1.807, 2.05) is 13.1 Å². The van der Waals surface area contributed by atoms with Gasteiger partial charge in [-0.25, -0.2) is 4.79 Å². The monoisotopic (exact) mass is 592 g/mol. The summed E-state index contributed by atoms with van der Waals surface area (Å²) in [5.41, 5.74) is 0.127. The molecule has 3 atom stereocenters. The van der Waals surface area contributed by atoms with Crippen LogP contribution in [-0.2, 0) is 15.8 Å². The molecule has 2 heterocycles. The Morgan fingerprint density at radius 3 is 2.24 bits per heavy atom. The van der Waals surface area contributed by atoms with Crippen molar-refractivity contribution in [2.45, 2.75) is 59.0 Å². The van der Waals surface area contributed by atoms with Crippen LogP contribution in [0.3, 0.4) is 0 Å². The molecule has 2 aliphatic rings. The first-order valence-electron chi connectivity index (χ1n) is 14.0. The smallest absolute Gasteiger partial charge is 0.412 e. The lowest BCUT2D eigenvalue weighted by molar-refractivity contribution is -0.384. The van der Waals surface area contributed by atoms with Crippen LogP contribution in [-0.4, -0.2) is 60.5 Å². The zero-order chi connectivity index (χ0) is 30.8. The van der Waals surface area contributed by atoms with Gasteiger partial charge in [-0.15, -0.1) is 6.58 Å². The molecule has 1 radical (unpaired) electrons. The van der Waals surface area contributed by atoms with E-state index in [1.165, 1.54) is 17.0 Å². The van der Waals surface area contributed by atoms with Gasteiger partial charge in [0.2, 0.25) is 9.04 Å². The molecule has 2 aromatic rings. The molecule has 0 aromatic heterocycles. The standard InChI is InChI=1S/C31H38N3O7Si/c1-7-22(16-17-32-27(35)25-10-8-9-11-26(25)28(32)36)31(41-42(5)6)18-23(30(2,3)4)19-33(31)29(37)40-20-21-12-14-24(15-13-21)34(38)39/h7-15,22-23H,1,16-20H2,2-6H3/t22?,23-,31-/m0/s1. The highest BCUT2D eigenvalue weighted by atomic mass is 28.3. The summed E-state index contributed by atoms with van der Waals surface area (Å²) >= 11 is 0. The number of amides is 3. The highest BCUT2D eigenvalue weighted by molar-refractivity contribution is 6.48. The van der Waals surface area contributed by atoms with Crippen molar-refractivity contribution in [1.29, 1.82) is 0 Å². The average Bonchev–Trinajstić information content (AvgIpc) is 3.44. The normalized spacial score (nSPS) is 21.0. The molecule has 0 spiro atoms. The number of benzene rings is 2. The van der Waals surface area contributed by atoms with Crippen molar-refractivity contribution < 1.29 is 28.5 Å². The van der Waals surface area contributed by atoms with Gasteiger partial charge in [-0.1, -0.05) is 39.0 Å². The molecule has 1 saturated heterocycles. The molecule has 1 fully saturated rings. The number of carbonyl (C=O) groups is 3. The number of nitro groups is 1. The van der Waals surface area contributed by atoms with Gasteiger partial charge in [0.25, 0.3) is 17.5 Å². The summed E-state index contributed by atoms with van der Waals surface area (Å²) in [5, 5.41) is 11.0. The van der Waals surface area contributed by atoms with E-state index >= 15 is 0 Å². The third-order valence-corrected chi connectivity index (χ3v) is 8.90. The fraction of sp³-hybridized carbons (Fsp3) is 0.452. The number of likely N-dealkylation sites (tertiary alicyclic amines) is 1. The number of nitrogens with zero attached hydrogens (tertiary/aromatic N) is 3. The summed E-state index contributed by atoms with van der Waals surface area (Å²) in [4.78, 5) is 53.3. The molecule has 11 heteroatoms. The molecule has 2 aliphatic heterocycles. The van der Waals surface area contributed by atoms with Gasteiger partial charge in [0.15, 0.2) is 0 Å². The fourth-order valence-corrected chi connectivity index (χ4v) is 6.82. The molecule has 0 N–H and O–H groups in total. The second-order valence-corrected chi connectivity index (χ2v) is 14.2. The molecule has 1 unspecified atom stereocenters. The number of non-ortho nitro benzene ring substituents is 1. The van der Waals surface area contributed by atoms with Crippen LogP contribution in [0.15, 0.2) is 61.2 Å². The molecule has 0 bridgehead atoms. The third kappa shape index (κ3) is 6.17. The van der Waals surface area contributed by atoms with Crippen LogP contribution >= 0.6 is 0 Å². The Balaban J connectivity index is 1.60. The van der Waals surface area contributed by atoms with Crippen molar-refractivity contribution in [1.82, 2.24) is 9.80 Å². The van der Waals surface area contributed by atoms with Crippen LogP contribution in [0.4, 0.5) is 10.5 Å². The second kappa shape index (κ2) is 12.2. The summed E-state index contributed by atoms with van der Waals surface area (Å²) in [6, 6.07) is 12.6. The lowest BCUT2D eigenvalue weighted by Gasteiger charge is -2.44. The number of fused-ring (bicyclic) bond motifs is 1. The van der Waals surface area contributed by atoms with Crippen LogP contribution in [0.2, 0.25) is 13.1 Å². The van der Waals surface area contributed by atoms with Crippen molar-refractivity contribution in [3.63, 3.8) is 0 Å². The molecule has 42 heavy (non-hydrogen) atoms. The van der Waals surface area contributed by atoms with Crippen LogP contribution in [0.25, 0.3) is 0 Å². The van der Waals surface area contributed by atoms with E-state index in [-0.39, 0.29) is 42.0 Å². The van der Waals surface area contributed by atoms with Gasteiger partial charge in [-0.2, -0.15) is 0 Å². The highest BCUT2D eigenvalue weighted by Crippen LogP contribution is 2.48. The Hall–Kier alpha value is -3.83. The van der Waals surface area contributed by atoms with E-state index in [0.29, 0.717) is 36.1 Å². The number of rotatable bonds is 10. The van der Waals surface area contributed by atoms with Crippen LogP contribution in [0.1, 0.15) is 59.9 Å². The number of imide groups is 1. The van der Waals surface area contributed by atoms with E-state index < -0.39 is 31.7 Å². The highest BCUT2D eigenvalue weighted by Gasteiger charge is 2.56. The first-order valence-corrected chi connectivity index (χ1v) is 16.4. The largest absolute Gasteiger partial charge is 0.444 e. The lowest BCUT2D eigenvalue weighted by atomic mass is 9.77. The zero-order valence-corrected chi connectivity index (χ0v) is 25.8. The minimum absolute atomic E-state index is 0.0440. The molecule has 223 valence electrons. The van der Waals surface area contributed by atoms with E-state index in [0.717, 1.165) is 0 Å². The zero-order valence-electron chi connectivity index (χ0n) is 24.8.